The summed E-state index contributed by atoms with van der Waals surface area (Å²) in [5, 5.41) is 9.26. The molecule has 108 valence electrons. The predicted molar refractivity (Wildman–Crippen MR) is 77.2 cm³/mol. The number of aromatic nitrogens is 2. The first-order valence-electron chi connectivity index (χ1n) is 6.66. The fraction of sp³-hybridized carbons (Fsp3) is 0.467. The van der Waals surface area contributed by atoms with E-state index in [-0.39, 0.29) is 11.2 Å². The Balaban J connectivity index is 2.64. The highest BCUT2D eigenvalue weighted by Gasteiger charge is 2.22. The number of imidazole rings is 1. The van der Waals surface area contributed by atoms with Crippen molar-refractivity contribution in [2.24, 2.45) is 0 Å². The second-order valence-corrected chi connectivity index (χ2v) is 5.41. The Morgan fingerprint density at radius 2 is 2.15 bits per heavy atom. The molecule has 20 heavy (non-hydrogen) atoms. The van der Waals surface area contributed by atoms with E-state index in [0.717, 1.165) is 17.8 Å². The van der Waals surface area contributed by atoms with Crippen LogP contribution in [-0.4, -0.2) is 33.3 Å². The summed E-state index contributed by atoms with van der Waals surface area (Å²) >= 11 is 0. The molecule has 0 bridgehead atoms. The van der Waals surface area contributed by atoms with Gasteiger partial charge in [0, 0.05) is 13.5 Å². The van der Waals surface area contributed by atoms with E-state index in [1.165, 1.54) is 0 Å². The van der Waals surface area contributed by atoms with Crippen molar-refractivity contribution in [3.63, 3.8) is 0 Å². The summed E-state index contributed by atoms with van der Waals surface area (Å²) in [5.41, 5.74) is 1.29. The molecule has 0 atom stereocenters. The third-order valence-corrected chi connectivity index (χ3v) is 3.50. The zero-order chi connectivity index (χ0) is 14.9. The van der Waals surface area contributed by atoms with Crippen LogP contribution in [0.3, 0.4) is 0 Å². The molecule has 2 rings (SSSR count). The number of carboxylic acid groups (broad SMARTS) is 1. The smallest absolute Gasteiger partial charge is 0.337 e. The minimum atomic E-state index is -0.950. The molecule has 0 amide bonds. The highest BCUT2D eigenvalue weighted by Crippen LogP contribution is 2.23. The largest absolute Gasteiger partial charge is 0.478 e. The Labute approximate surface area is 118 Å². The summed E-state index contributed by atoms with van der Waals surface area (Å²) in [4.78, 5) is 15.8. The standard InChI is InChI=1S/C15H20N2O3/c1-5-12-16-13-10(14(18)19)7-6-8-11(13)17(12)9-15(2,3)20-4/h6-8H,5,9H2,1-4H3,(H,18,19). The molecule has 0 saturated heterocycles. The van der Waals surface area contributed by atoms with Gasteiger partial charge in [0.25, 0.3) is 0 Å². The lowest BCUT2D eigenvalue weighted by Gasteiger charge is -2.24. The first kappa shape index (κ1) is 14.5. The van der Waals surface area contributed by atoms with E-state index in [0.29, 0.717) is 12.1 Å². The van der Waals surface area contributed by atoms with Gasteiger partial charge in [-0.25, -0.2) is 9.78 Å². The second kappa shape index (κ2) is 5.25. The van der Waals surface area contributed by atoms with E-state index in [1.807, 2.05) is 31.4 Å². The Morgan fingerprint density at radius 1 is 1.45 bits per heavy atom. The van der Waals surface area contributed by atoms with E-state index in [2.05, 4.69) is 4.98 Å². The maximum absolute atomic E-state index is 11.3. The van der Waals surface area contributed by atoms with Gasteiger partial charge in [-0.05, 0) is 26.0 Å². The molecule has 0 saturated carbocycles. The number of aromatic carboxylic acids is 1. The van der Waals surface area contributed by atoms with Crippen LogP contribution in [-0.2, 0) is 17.7 Å². The number of ether oxygens (including phenoxy) is 1. The van der Waals surface area contributed by atoms with Gasteiger partial charge in [0.15, 0.2) is 0 Å². The van der Waals surface area contributed by atoms with Crippen LogP contribution in [0.15, 0.2) is 18.2 Å². The van der Waals surface area contributed by atoms with E-state index >= 15 is 0 Å². The zero-order valence-electron chi connectivity index (χ0n) is 12.3. The molecule has 0 unspecified atom stereocenters. The lowest BCUT2D eigenvalue weighted by molar-refractivity contribution is 0.00846. The highest BCUT2D eigenvalue weighted by atomic mass is 16.5. The number of fused-ring (bicyclic) bond motifs is 1. The van der Waals surface area contributed by atoms with Crippen LogP contribution in [0.4, 0.5) is 0 Å². The van der Waals surface area contributed by atoms with E-state index in [9.17, 15) is 9.90 Å². The minimum absolute atomic E-state index is 0.242. The fourth-order valence-electron chi connectivity index (χ4n) is 2.26. The van der Waals surface area contributed by atoms with Crippen LogP contribution in [0, 0.1) is 0 Å². The van der Waals surface area contributed by atoms with Crippen molar-refractivity contribution in [1.29, 1.82) is 0 Å². The average molecular weight is 276 g/mol. The van der Waals surface area contributed by atoms with Crippen molar-refractivity contribution in [3.8, 4) is 0 Å². The van der Waals surface area contributed by atoms with Gasteiger partial charge in [-0.15, -0.1) is 0 Å². The summed E-state index contributed by atoms with van der Waals surface area (Å²) in [6.45, 7) is 6.64. The molecule has 0 aliphatic heterocycles. The molecule has 1 N–H and O–H groups in total. The van der Waals surface area contributed by atoms with Crippen molar-refractivity contribution < 1.29 is 14.6 Å². The first-order valence-corrected chi connectivity index (χ1v) is 6.66. The van der Waals surface area contributed by atoms with E-state index < -0.39 is 5.97 Å². The normalized spacial score (nSPS) is 12.0. The number of rotatable bonds is 5. The first-order chi connectivity index (χ1) is 9.39. The topological polar surface area (TPSA) is 64.3 Å². The molecule has 0 fully saturated rings. The number of nitrogens with zero attached hydrogens (tertiary/aromatic N) is 2. The quantitative estimate of drug-likeness (QED) is 0.912. The number of methoxy groups -OCH3 is 1. The fourth-order valence-corrected chi connectivity index (χ4v) is 2.26. The molecular formula is C15H20N2O3. The summed E-state index contributed by atoms with van der Waals surface area (Å²) < 4.78 is 7.52. The third kappa shape index (κ3) is 2.54. The van der Waals surface area contributed by atoms with Gasteiger partial charge < -0.3 is 14.4 Å². The number of hydrogen-bond acceptors (Lipinski definition) is 3. The number of hydrogen-bond donors (Lipinski definition) is 1. The van der Waals surface area contributed by atoms with Crippen LogP contribution < -0.4 is 0 Å². The molecule has 5 heteroatoms. The Bertz CT molecular complexity index is 644. The minimum Gasteiger partial charge on any atom is -0.478 e. The number of para-hydroxylation sites is 1. The molecule has 0 aliphatic carbocycles. The van der Waals surface area contributed by atoms with Crippen LogP contribution >= 0.6 is 0 Å². The van der Waals surface area contributed by atoms with Gasteiger partial charge in [0.2, 0.25) is 0 Å². The molecule has 0 radical (unpaired) electrons. The maximum atomic E-state index is 11.3. The Morgan fingerprint density at radius 3 is 2.70 bits per heavy atom. The van der Waals surface area contributed by atoms with Gasteiger partial charge in [0.05, 0.1) is 23.2 Å². The third-order valence-electron chi connectivity index (χ3n) is 3.50. The van der Waals surface area contributed by atoms with Crippen molar-refractivity contribution in [1.82, 2.24) is 9.55 Å². The molecular weight excluding hydrogens is 256 g/mol. The Hall–Kier alpha value is -1.88. The van der Waals surface area contributed by atoms with Gasteiger partial charge in [-0.1, -0.05) is 13.0 Å². The van der Waals surface area contributed by atoms with Crippen molar-refractivity contribution >= 4 is 17.0 Å². The SMILES string of the molecule is CCc1nc2c(C(=O)O)cccc2n1CC(C)(C)OC. The van der Waals surface area contributed by atoms with Crippen LogP contribution in [0.1, 0.15) is 37.0 Å². The monoisotopic (exact) mass is 276 g/mol. The van der Waals surface area contributed by atoms with E-state index in [4.69, 9.17) is 4.74 Å². The van der Waals surface area contributed by atoms with Gasteiger partial charge in [-0.3, -0.25) is 0 Å². The van der Waals surface area contributed by atoms with Crippen LogP contribution in [0.25, 0.3) is 11.0 Å². The molecule has 1 heterocycles. The second-order valence-electron chi connectivity index (χ2n) is 5.41. The molecule has 1 aromatic heterocycles. The summed E-state index contributed by atoms with van der Waals surface area (Å²) in [7, 11) is 1.67. The van der Waals surface area contributed by atoms with Gasteiger partial charge in [-0.2, -0.15) is 0 Å². The molecule has 1 aromatic carbocycles. The zero-order valence-corrected chi connectivity index (χ0v) is 12.3. The van der Waals surface area contributed by atoms with Gasteiger partial charge in [0.1, 0.15) is 11.3 Å². The molecule has 0 aliphatic rings. The lowest BCUT2D eigenvalue weighted by Crippen LogP contribution is -2.29. The summed E-state index contributed by atoms with van der Waals surface area (Å²) in [6.07, 6.45) is 0.744. The van der Waals surface area contributed by atoms with Crippen LogP contribution in [0.2, 0.25) is 0 Å². The van der Waals surface area contributed by atoms with E-state index in [1.54, 1.807) is 19.2 Å². The lowest BCUT2D eigenvalue weighted by atomic mass is 10.1. The average Bonchev–Trinajstić information content (AvgIpc) is 2.76. The molecule has 2 aromatic rings. The van der Waals surface area contributed by atoms with Gasteiger partial charge >= 0.3 is 5.97 Å². The molecule has 0 spiro atoms. The highest BCUT2D eigenvalue weighted by molar-refractivity contribution is 6.01. The van der Waals surface area contributed by atoms with Crippen molar-refractivity contribution in [3.05, 3.63) is 29.6 Å². The van der Waals surface area contributed by atoms with Crippen LogP contribution in [0.5, 0.6) is 0 Å². The number of aryl methyl sites for hydroxylation is 1. The number of benzene rings is 1. The summed E-state index contributed by atoms with van der Waals surface area (Å²) in [5.74, 6) is -0.0762. The maximum Gasteiger partial charge on any atom is 0.337 e. The van der Waals surface area contributed by atoms with Crippen molar-refractivity contribution in [2.45, 2.75) is 39.3 Å². The summed E-state index contributed by atoms with van der Waals surface area (Å²) in [6, 6.07) is 5.24. The number of carbonyl (C=O) groups is 1. The predicted octanol–water partition coefficient (Wildman–Crippen LogP) is 2.72. The Kier molecular flexibility index (Phi) is 3.81. The number of carboxylic acids is 1. The van der Waals surface area contributed by atoms with Crippen molar-refractivity contribution in [2.75, 3.05) is 7.11 Å². The molecule has 5 nitrogen and oxygen atoms in total.